The fourth-order valence-electron chi connectivity index (χ4n) is 0. The Morgan fingerprint density at radius 3 is 1.00 bits per heavy atom. The molecule has 0 aromatic carbocycles. The van der Waals surface area contributed by atoms with Crippen LogP contribution < -0.4 is 0 Å². The minimum atomic E-state index is 0. The molecule has 0 heterocycles. The third-order valence-electron chi connectivity index (χ3n) is 0. The number of hydrogen-bond acceptors (Lipinski definition) is 0. The zero-order valence-electron chi connectivity index (χ0n) is 2.23. The Bertz CT molecular complexity index is 0. The van der Waals surface area contributed by atoms with Crippen molar-refractivity contribution >= 4 is 39.6 Å². The van der Waals surface area contributed by atoms with E-state index >= 15 is 0 Å². The highest BCUT2D eigenvalue weighted by molar-refractivity contribution is 6.92. The molecule has 32 valence electrons. The fraction of sp³-hybridized carbons (Fsp3) is 0. The first-order valence-corrected chi connectivity index (χ1v) is 0. The first-order chi connectivity index (χ1) is 0. The maximum absolute atomic E-state index is 0. The monoisotopic (exact) mass is 130 g/mol. The van der Waals surface area contributed by atoms with Gasteiger partial charge in [0, 0.05) is 0 Å². The minimum absolute atomic E-state index is 0. The van der Waals surface area contributed by atoms with Crippen molar-refractivity contribution in [2.24, 2.45) is 0 Å². The summed E-state index contributed by atoms with van der Waals surface area (Å²) in [6, 6.07) is 0. The molecule has 0 radical (unpaired) electrons. The Morgan fingerprint density at radius 2 is 1.00 bits per heavy atom. The van der Waals surface area contributed by atoms with Gasteiger partial charge < -0.3 is 29.7 Å². The molecule has 0 aliphatic rings. The Morgan fingerprint density at radius 1 is 1.00 bits per heavy atom. The van der Waals surface area contributed by atoms with Gasteiger partial charge in [-0.25, -0.2) is 0 Å². The van der Waals surface area contributed by atoms with Gasteiger partial charge in [-0.2, -0.15) is 9.90 Å². The summed E-state index contributed by atoms with van der Waals surface area (Å²) in [5.41, 5.74) is 0. The van der Waals surface area contributed by atoms with Gasteiger partial charge in [-0.3, -0.25) is 0 Å². The first-order valence-electron chi connectivity index (χ1n) is 0. The Balaban J connectivity index is 0. The summed E-state index contributed by atoms with van der Waals surface area (Å²) in [6.45, 7) is 0. The van der Waals surface area contributed by atoms with Crippen LogP contribution in [0.3, 0.4) is 0 Å². The summed E-state index contributed by atoms with van der Waals surface area (Å²) in [7, 11) is 0. The Hall–Kier alpha value is 1.72. The molecule has 0 amide bonds. The smallest absolute Gasteiger partial charge is 0.153 e. The van der Waals surface area contributed by atoms with Crippen LogP contribution in [-0.4, -0.2) is 0 Å². The van der Waals surface area contributed by atoms with Crippen LogP contribution in [0.15, 0.2) is 0 Å². The molecule has 0 bridgehead atoms. The molecule has 1 atom stereocenters. The molecular weight excluding hydrogens is 124 g/mol. The number of rotatable bonds is 0. The molecule has 0 aromatic heterocycles. The zero-order chi connectivity index (χ0) is 0. The van der Waals surface area contributed by atoms with E-state index in [9.17, 15) is 0 Å². The molecule has 0 fully saturated rings. The average molecular weight is 130 g/mol. The van der Waals surface area contributed by atoms with Crippen LogP contribution in [0, 0.1) is 0 Å². The largest absolute Gasteiger partial charge is 3.00 e. The van der Waals surface area contributed by atoms with Gasteiger partial charge in [-0.1, -0.05) is 0 Å². The predicted molar refractivity (Wildman–Crippen MR) is 36.1 cm³/mol. The zero-order valence-corrected chi connectivity index (χ0v) is 6.70. The normalized spacial score (nSPS) is 0. The van der Waals surface area contributed by atoms with Crippen molar-refractivity contribution in [3.8, 4) is 0 Å². The van der Waals surface area contributed by atoms with Crippen molar-refractivity contribution in [1.82, 2.24) is 0 Å². The second-order valence-corrected chi connectivity index (χ2v) is 0. The summed E-state index contributed by atoms with van der Waals surface area (Å²) in [5.74, 6) is 0. The lowest BCUT2D eigenvalue weighted by atomic mass is 31.0. The van der Waals surface area contributed by atoms with Gasteiger partial charge in [0.15, 0.2) is 0 Å². The molecule has 1 unspecified atom stereocenters. The van der Waals surface area contributed by atoms with E-state index in [2.05, 4.69) is 0 Å². The summed E-state index contributed by atoms with van der Waals surface area (Å²) in [4.78, 5) is 0. The van der Waals surface area contributed by atoms with Crippen molar-refractivity contribution in [2.75, 3.05) is 0 Å². The van der Waals surface area contributed by atoms with Gasteiger partial charge in [0.1, 0.15) is 0 Å². The van der Waals surface area contributed by atoms with Crippen LogP contribution >= 0.6 is 39.6 Å². The quantitative estimate of drug-likeness (QED) is 0.439. The Labute approximate surface area is 40.4 Å². The van der Waals surface area contributed by atoms with Gasteiger partial charge in [0.2, 0.25) is 0 Å². The van der Waals surface area contributed by atoms with Gasteiger partial charge in [0.05, 0.1) is 0 Å². The van der Waals surface area contributed by atoms with Crippen molar-refractivity contribution in [3.63, 3.8) is 0 Å². The van der Waals surface area contributed by atoms with E-state index < -0.39 is 0 Å². The molecular formula is H6P4-6. The van der Waals surface area contributed by atoms with Crippen LogP contribution in [0.2, 0.25) is 0 Å². The maximum atomic E-state index is 0. The predicted octanol–water partition coefficient (Wildman–Crippen LogP) is 1.84. The van der Waals surface area contributed by atoms with Crippen LogP contribution in [-0.2, 0) is 0 Å². The van der Waals surface area contributed by atoms with E-state index in [1.165, 1.54) is 0 Å². The molecule has 0 aromatic rings. The maximum Gasteiger partial charge on any atom is -0.153 e. The third-order valence-corrected chi connectivity index (χ3v) is 0. The molecule has 0 aliphatic carbocycles. The highest BCUT2D eigenvalue weighted by atomic mass is 31.0. The highest BCUT2D eigenvalue weighted by Crippen LogP contribution is 0.864. The van der Waals surface area contributed by atoms with Crippen LogP contribution in [0.4, 0.5) is 0 Å². The van der Waals surface area contributed by atoms with E-state index in [1.54, 1.807) is 0 Å². The van der Waals surface area contributed by atoms with Gasteiger partial charge in [0.25, 0.3) is 0 Å². The lowest BCUT2D eigenvalue weighted by Crippen LogP contribution is 0.860. The van der Waals surface area contributed by atoms with E-state index in [1.807, 2.05) is 0 Å². The van der Waals surface area contributed by atoms with Crippen LogP contribution in [0.5, 0.6) is 0 Å². The van der Waals surface area contributed by atoms with Crippen LogP contribution in [0.25, 0.3) is 0 Å². The van der Waals surface area contributed by atoms with Gasteiger partial charge in [-0.05, 0) is 0 Å². The molecule has 4 heavy (non-hydrogen) atoms. The third kappa shape index (κ3) is 9.30. The average Bonchev–Trinajstić information content (AvgIpc) is 0. The highest BCUT2D eigenvalue weighted by Gasteiger charge is -0.153. The van der Waals surface area contributed by atoms with Crippen LogP contribution in [0.1, 0.15) is 0 Å². The summed E-state index contributed by atoms with van der Waals surface area (Å²) in [5, 5.41) is 0. The molecule has 4 heteroatoms. The minimum Gasteiger partial charge on any atom is -3.00 e. The topological polar surface area (TPSA) is 0 Å². The van der Waals surface area contributed by atoms with E-state index in [4.69, 9.17) is 0 Å². The van der Waals surface area contributed by atoms with Crippen molar-refractivity contribution in [3.05, 3.63) is 0 Å². The first kappa shape index (κ1) is 43.1. The van der Waals surface area contributed by atoms with E-state index in [0.29, 0.717) is 0 Å². The standard InChI is InChI=1S/H3P.H2P.HP.P/h1H3;1H2;1H;/q;-1;-2;-3. The fourth-order valence-corrected chi connectivity index (χ4v) is 0. The van der Waals surface area contributed by atoms with E-state index in [0.717, 1.165) is 0 Å². The van der Waals surface area contributed by atoms with Gasteiger partial charge >= 0.3 is 0 Å². The number of hydrogen-bond donors (Lipinski definition) is 0. The molecule has 0 spiro atoms. The molecule has 0 saturated heterocycles. The molecule has 0 saturated carbocycles. The van der Waals surface area contributed by atoms with Crippen molar-refractivity contribution in [1.29, 1.82) is 0 Å². The molecule has 0 aliphatic heterocycles. The summed E-state index contributed by atoms with van der Waals surface area (Å²) >= 11 is 0. The summed E-state index contributed by atoms with van der Waals surface area (Å²) in [6.07, 6.45) is 0. The van der Waals surface area contributed by atoms with Crippen molar-refractivity contribution in [2.45, 2.75) is 0 Å². The lowest BCUT2D eigenvalue weighted by molar-refractivity contribution is 6.92. The second-order valence-electron chi connectivity index (χ2n) is 0. The summed E-state index contributed by atoms with van der Waals surface area (Å²) < 4.78 is 0. The molecule has 0 rings (SSSR count). The molecule has 0 nitrogen and oxygen atoms in total. The SMILES string of the molecule is P.[P-3].[PH-2].[PH2-]. The van der Waals surface area contributed by atoms with E-state index in [-0.39, 0.29) is 39.6 Å². The lowest BCUT2D eigenvalue weighted by Gasteiger charge is -3.00. The van der Waals surface area contributed by atoms with Crippen molar-refractivity contribution < 1.29 is 0 Å². The Kier molecular flexibility index (Phi) is 238. The second kappa shape index (κ2) is 22.1. The van der Waals surface area contributed by atoms with Gasteiger partial charge in [-0.15, -0.1) is 0 Å². The molecule has 0 N–H and O–H groups in total.